The molecule has 0 unspecified atom stereocenters. The van der Waals surface area contributed by atoms with Crippen molar-refractivity contribution in [3.8, 4) is 5.75 Å². The third-order valence-electron chi connectivity index (χ3n) is 4.83. The van der Waals surface area contributed by atoms with E-state index in [1.807, 2.05) is 25.3 Å². The first-order valence-corrected chi connectivity index (χ1v) is 9.63. The molecule has 0 atom stereocenters. The van der Waals surface area contributed by atoms with E-state index in [1.54, 1.807) is 0 Å². The summed E-state index contributed by atoms with van der Waals surface area (Å²) < 4.78 is 5.69. The second-order valence-corrected chi connectivity index (χ2v) is 7.13. The van der Waals surface area contributed by atoms with Gasteiger partial charge in [-0.2, -0.15) is 5.10 Å². The molecule has 7 heteroatoms. The number of nitrogens with one attached hydrogen (secondary N) is 1. The second-order valence-electron chi connectivity index (χ2n) is 6.74. The molecule has 1 aromatic carbocycles. The number of pyridine rings is 1. The minimum absolute atomic E-state index is 0.612. The monoisotopic (exact) mass is 381 g/mol. The Hall–Kier alpha value is -2.67. The highest BCUT2D eigenvalue weighted by atomic mass is 32.1. The van der Waals surface area contributed by atoms with Crippen molar-refractivity contribution in [2.75, 3.05) is 37.7 Å². The number of hydrogen-bond donors (Lipinski definition) is 1. The van der Waals surface area contributed by atoms with E-state index in [0.29, 0.717) is 11.7 Å². The average Bonchev–Trinajstić information content (AvgIpc) is 2.72. The second kappa shape index (κ2) is 7.92. The predicted octanol–water partition coefficient (Wildman–Crippen LogP) is 2.57. The van der Waals surface area contributed by atoms with Gasteiger partial charge in [-0.3, -0.25) is 10.4 Å². The van der Waals surface area contributed by atoms with E-state index in [0.717, 1.165) is 55.3 Å². The maximum Gasteiger partial charge on any atom is 0.189 e. The van der Waals surface area contributed by atoms with Crippen LogP contribution in [0.15, 0.2) is 47.7 Å². The number of rotatable bonds is 2. The summed E-state index contributed by atoms with van der Waals surface area (Å²) in [6.45, 7) is 6.26. The Balaban J connectivity index is 1.36. The van der Waals surface area contributed by atoms with Gasteiger partial charge in [-0.25, -0.2) is 0 Å². The van der Waals surface area contributed by atoms with E-state index < -0.39 is 0 Å². The molecule has 0 spiro atoms. The van der Waals surface area contributed by atoms with Crippen molar-refractivity contribution < 1.29 is 4.74 Å². The molecule has 1 saturated heterocycles. The molecule has 140 valence electrons. The minimum atomic E-state index is 0.612. The standard InChI is InChI=1S/C20H23N5OS/c1-15-13-18-19(21-14-15)17(7-12-26-18)22-23-20(27)25-10-8-24(9-11-25)16-5-3-2-4-6-16/h2-6,13-14H,7-12H2,1H3,(H,23,27)/b22-17-. The maximum atomic E-state index is 5.69. The highest BCUT2D eigenvalue weighted by Gasteiger charge is 2.21. The fourth-order valence-electron chi connectivity index (χ4n) is 3.35. The molecule has 0 saturated carbocycles. The smallest absolute Gasteiger partial charge is 0.189 e. The highest BCUT2D eigenvalue weighted by Crippen LogP contribution is 2.23. The van der Waals surface area contributed by atoms with Gasteiger partial charge in [-0.1, -0.05) is 18.2 Å². The molecule has 1 aromatic heterocycles. The predicted molar refractivity (Wildman–Crippen MR) is 112 cm³/mol. The van der Waals surface area contributed by atoms with Crippen LogP contribution in [0.4, 0.5) is 5.69 Å². The molecule has 2 aromatic rings. The quantitative estimate of drug-likeness (QED) is 0.637. The average molecular weight is 382 g/mol. The lowest BCUT2D eigenvalue weighted by Crippen LogP contribution is -2.51. The van der Waals surface area contributed by atoms with Crippen LogP contribution in [0.2, 0.25) is 0 Å². The van der Waals surface area contributed by atoms with Gasteiger partial charge < -0.3 is 14.5 Å². The first kappa shape index (κ1) is 17.7. The summed E-state index contributed by atoms with van der Waals surface area (Å²) >= 11 is 5.55. The molecule has 3 heterocycles. The Bertz CT molecular complexity index is 847. The van der Waals surface area contributed by atoms with Gasteiger partial charge >= 0.3 is 0 Å². The zero-order chi connectivity index (χ0) is 18.6. The number of anilines is 1. The molecular formula is C20H23N5OS. The molecular weight excluding hydrogens is 358 g/mol. The summed E-state index contributed by atoms with van der Waals surface area (Å²) in [4.78, 5) is 9.02. The number of thiocarbonyl (C=S) groups is 1. The number of ether oxygens (including phenoxy) is 1. The Morgan fingerprint density at radius 2 is 1.96 bits per heavy atom. The SMILES string of the molecule is Cc1cnc2c(c1)OCC/C2=N/NC(=S)N1CCN(c2ccccc2)CC1. The molecule has 6 nitrogen and oxygen atoms in total. The van der Waals surface area contributed by atoms with E-state index in [1.165, 1.54) is 5.69 Å². The Labute approximate surface area is 164 Å². The van der Waals surface area contributed by atoms with Crippen LogP contribution < -0.4 is 15.1 Å². The van der Waals surface area contributed by atoms with E-state index in [2.05, 4.69) is 49.6 Å². The molecule has 0 amide bonds. The lowest BCUT2D eigenvalue weighted by atomic mass is 10.1. The first-order chi connectivity index (χ1) is 13.2. The molecule has 2 aliphatic rings. The minimum Gasteiger partial charge on any atom is -0.491 e. The van der Waals surface area contributed by atoms with Gasteiger partial charge in [0.2, 0.25) is 0 Å². The number of hydrazone groups is 1. The van der Waals surface area contributed by atoms with Crippen LogP contribution in [0.25, 0.3) is 0 Å². The topological polar surface area (TPSA) is 53.0 Å². The number of nitrogens with zero attached hydrogens (tertiary/aromatic N) is 4. The third kappa shape index (κ3) is 4.03. The zero-order valence-corrected chi connectivity index (χ0v) is 16.2. The Morgan fingerprint density at radius 1 is 1.19 bits per heavy atom. The molecule has 0 radical (unpaired) electrons. The van der Waals surface area contributed by atoms with Crippen LogP contribution in [-0.4, -0.2) is 53.5 Å². The van der Waals surface area contributed by atoms with Gasteiger partial charge in [-0.05, 0) is 42.9 Å². The molecule has 27 heavy (non-hydrogen) atoms. The Kier molecular flexibility index (Phi) is 5.20. The van der Waals surface area contributed by atoms with Gasteiger partial charge in [0, 0.05) is 44.5 Å². The van der Waals surface area contributed by atoms with Gasteiger partial charge in [-0.15, -0.1) is 0 Å². The van der Waals surface area contributed by atoms with Crippen molar-refractivity contribution >= 4 is 28.7 Å². The number of hydrogen-bond acceptors (Lipinski definition) is 5. The van der Waals surface area contributed by atoms with Crippen molar-refractivity contribution in [3.63, 3.8) is 0 Å². The number of fused-ring (bicyclic) bond motifs is 1. The lowest BCUT2D eigenvalue weighted by molar-refractivity contribution is 0.317. The van der Waals surface area contributed by atoms with Crippen LogP contribution in [0.3, 0.4) is 0 Å². The third-order valence-corrected chi connectivity index (χ3v) is 5.18. The maximum absolute atomic E-state index is 5.69. The van der Waals surface area contributed by atoms with Crippen LogP contribution in [0, 0.1) is 6.92 Å². The van der Waals surface area contributed by atoms with Crippen LogP contribution in [0.1, 0.15) is 17.7 Å². The summed E-state index contributed by atoms with van der Waals surface area (Å²) in [5.74, 6) is 0.796. The molecule has 2 aliphatic heterocycles. The first-order valence-electron chi connectivity index (χ1n) is 9.22. The van der Waals surface area contributed by atoms with Crippen LogP contribution >= 0.6 is 12.2 Å². The number of aromatic nitrogens is 1. The normalized spacial score (nSPS) is 18.0. The van der Waals surface area contributed by atoms with Crippen molar-refractivity contribution in [2.45, 2.75) is 13.3 Å². The highest BCUT2D eigenvalue weighted by molar-refractivity contribution is 7.80. The van der Waals surface area contributed by atoms with E-state index in [-0.39, 0.29) is 0 Å². The largest absolute Gasteiger partial charge is 0.491 e. The van der Waals surface area contributed by atoms with Crippen LogP contribution in [-0.2, 0) is 0 Å². The number of piperazine rings is 1. The van der Waals surface area contributed by atoms with Gasteiger partial charge in [0.15, 0.2) is 5.11 Å². The van der Waals surface area contributed by atoms with E-state index in [9.17, 15) is 0 Å². The van der Waals surface area contributed by atoms with Crippen molar-refractivity contribution in [1.29, 1.82) is 0 Å². The summed E-state index contributed by atoms with van der Waals surface area (Å²) in [6.07, 6.45) is 2.56. The van der Waals surface area contributed by atoms with Crippen LogP contribution in [0.5, 0.6) is 5.75 Å². The number of aryl methyl sites for hydroxylation is 1. The van der Waals surface area contributed by atoms with Crippen molar-refractivity contribution in [1.82, 2.24) is 15.3 Å². The van der Waals surface area contributed by atoms with Gasteiger partial charge in [0.25, 0.3) is 0 Å². The number of para-hydroxylation sites is 1. The van der Waals surface area contributed by atoms with Crippen molar-refractivity contribution in [2.24, 2.45) is 5.10 Å². The summed E-state index contributed by atoms with van der Waals surface area (Å²) in [7, 11) is 0. The van der Waals surface area contributed by atoms with E-state index in [4.69, 9.17) is 17.0 Å². The van der Waals surface area contributed by atoms with Gasteiger partial charge in [0.1, 0.15) is 11.4 Å². The van der Waals surface area contributed by atoms with Gasteiger partial charge in [0.05, 0.1) is 12.3 Å². The fourth-order valence-corrected chi connectivity index (χ4v) is 3.57. The van der Waals surface area contributed by atoms with Crippen molar-refractivity contribution in [3.05, 3.63) is 53.9 Å². The Morgan fingerprint density at radius 3 is 2.74 bits per heavy atom. The molecule has 1 fully saturated rings. The fraction of sp³-hybridized carbons (Fsp3) is 0.350. The summed E-state index contributed by atoms with van der Waals surface area (Å²) in [5, 5.41) is 5.20. The molecule has 0 aliphatic carbocycles. The summed E-state index contributed by atoms with van der Waals surface area (Å²) in [5.41, 5.74) is 7.09. The number of benzene rings is 1. The summed E-state index contributed by atoms with van der Waals surface area (Å²) in [6, 6.07) is 12.5. The molecule has 0 bridgehead atoms. The molecule has 4 rings (SSSR count). The lowest BCUT2D eigenvalue weighted by Gasteiger charge is -2.37. The van der Waals surface area contributed by atoms with E-state index >= 15 is 0 Å². The zero-order valence-electron chi connectivity index (χ0n) is 15.4. The molecule has 1 N–H and O–H groups in total.